The minimum absolute atomic E-state index is 0.0208. The summed E-state index contributed by atoms with van der Waals surface area (Å²) in [5.74, 6) is 0.415. The molecule has 2 aromatic rings. The molecule has 3 rings (SSSR count). The van der Waals surface area contributed by atoms with Gasteiger partial charge < -0.3 is 10.6 Å². The summed E-state index contributed by atoms with van der Waals surface area (Å²) in [6, 6.07) is 10.0. The maximum atomic E-state index is 12.6. The average Bonchev–Trinajstić information content (AvgIpc) is 2.49. The molecule has 5 heteroatoms. The number of aromatic nitrogens is 1. The average molecular weight is 346 g/mol. The molecule has 1 unspecified atom stereocenters. The summed E-state index contributed by atoms with van der Waals surface area (Å²) >= 11 is 3.38. The van der Waals surface area contributed by atoms with Crippen LogP contribution in [0.2, 0.25) is 0 Å². The summed E-state index contributed by atoms with van der Waals surface area (Å²) in [6.07, 6.45) is 1.69. The van der Waals surface area contributed by atoms with Crippen LogP contribution in [0.5, 0.6) is 0 Å². The SMILES string of the molecule is Cc1cc(Br)cnc1NC(=O)C1CNCc2ccccc21. The van der Waals surface area contributed by atoms with Crippen LogP contribution in [0, 0.1) is 6.92 Å². The highest BCUT2D eigenvalue weighted by molar-refractivity contribution is 9.10. The monoisotopic (exact) mass is 345 g/mol. The second-order valence-corrected chi connectivity index (χ2v) is 6.11. The Balaban J connectivity index is 1.83. The molecule has 108 valence electrons. The van der Waals surface area contributed by atoms with Crippen molar-refractivity contribution in [3.63, 3.8) is 0 Å². The fraction of sp³-hybridized carbons (Fsp3) is 0.250. The van der Waals surface area contributed by atoms with Crippen LogP contribution in [0.25, 0.3) is 0 Å². The van der Waals surface area contributed by atoms with Gasteiger partial charge in [-0.25, -0.2) is 4.98 Å². The van der Waals surface area contributed by atoms with E-state index >= 15 is 0 Å². The number of nitrogens with zero attached hydrogens (tertiary/aromatic N) is 1. The number of pyridine rings is 1. The predicted octanol–water partition coefficient (Wildman–Crippen LogP) is 2.98. The van der Waals surface area contributed by atoms with Crippen molar-refractivity contribution >= 4 is 27.7 Å². The first-order chi connectivity index (χ1) is 10.1. The molecule has 0 fully saturated rings. The van der Waals surface area contributed by atoms with Gasteiger partial charge in [-0.05, 0) is 45.6 Å². The standard InChI is InChI=1S/C16H16BrN3O/c1-10-6-12(17)8-19-15(10)20-16(21)14-9-18-7-11-4-2-3-5-13(11)14/h2-6,8,14,18H,7,9H2,1H3,(H,19,20,21). The molecule has 0 aliphatic carbocycles. The van der Waals surface area contributed by atoms with Crippen molar-refractivity contribution in [1.82, 2.24) is 10.3 Å². The minimum Gasteiger partial charge on any atom is -0.312 e. The van der Waals surface area contributed by atoms with Gasteiger partial charge in [0.1, 0.15) is 5.82 Å². The molecular weight excluding hydrogens is 330 g/mol. The summed E-state index contributed by atoms with van der Waals surface area (Å²) < 4.78 is 0.905. The molecule has 1 aliphatic rings. The number of anilines is 1. The van der Waals surface area contributed by atoms with Crippen molar-refractivity contribution in [1.29, 1.82) is 0 Å². The van der Waals surface area contributed by atoms with Gasteiger partial charge in [0.05, 0.1) is 5.92 Å². The first-order valence-electron chi connectivity index (χ1n) is 6.86. The highest BCUT2D eigenvalue weighted by atomic mass is 79.9. The summed E-state index contributed by atoms with van der Waals surface area (Å²) in [5, 5.41) is 6.23. The van der Waals surface area contributed by atoms with Gasteiger partial charge in [0.15, 0.2) is 0 Å². The third kappa shape index (κ3) is 2.99. The van der Waals surface area contributed by atoms with Gasteiger partial charge in [0, 0.05) is 23.8 Å². The van der Waals surface area contributed by atoms with Gasteiger partial charge in [-0.15, -0.1) is 0 Å². The van der Waals surface area contributed by atoms with E-state index in [0.717, 1.165) is 22.1 Å². The van der Waals surface area contributed by atoms with Crippen LogP contribution in [0.4, 0.5) is 5.82 Å². The molecule has 1 amide bonds. The van der Waals surface area contributed by atoms with Crippen LogP contribution in [-0.2, 0) is 11.3 Å². The van der Waals surface area contributed by atoms with E-state index in [1.807, 2.05) is 31.2 Å². The van der Waals surface area contributed by atoms with E-state index in [1.165, 1.54) is 5.56 Å². The molecule has 0 spiro atoms. The van der Waals surface area contributed by atoms with E-state index in [2.05, 4.69) is 37.6 Å². The second kappa shape index (κ2) is 5.95. The summed E-state index contributed by atoms with van der Waals surface area (Å²) in [6.45, 7) is 3.40. The minimum atomic E-state index is -0.181. The van der Waals surface area contributed by atoms with E-state index < -0.39 is 0 Å². The lowest BCUT2D eigenvalue weighted by Crippen LogP contribution is -2.35. The van der Waals surface area contributed by atoms with Crippen molar-refractivity contribution < 1.29 is 4.79 Å². The van der Waals surface area contributed by atoms with Crippen LogP contribution in [0.15, 0.2) is 41.0 Å². The zero-order chi connectivity index (χ0) is 14.8. The Morgan fingerprint density at radius 2 is 2.24 bits per heavy atom. The van der Waals surface area contributed by atoms with E-state index in [4.69, 9.17) is 0 Å². The largest absolute Gasteiger partial charge is 0.312 e. The number of benzene rings is 1. The molecule has 1 aromatic carbocycles. The van der Waals surface area contributed by atoms with Crippen molar-refractivity contribution in [2.75, 3.05) is 11.9 Å². The molecule has 0 saturated heterocycles. The number of hydrogen-bond acceptors (Lipinski definition) is 3. The highest BCUT2D eigenvalue weighted by Crippen LogP contribution is 2.25. The fourth-order valence-electron chi connectivity index (χ4n) is 2.61. The van der Waals surface area contributed by atoms with Gasteiger partial charge in [0.25, 0.3) is 0 Å². The number of hydrogen-bond donors (Lipinski definition) is 2. The number of halogens is 1. The highest BCUT2D eigenvalue weighted by Gasteiger charge is 2.26. The fourth-order valence-corrected chi connectivity index (χ4v) is 3.05. The third-order valence-electron chi connectivity index (χ3n) is 3.70. The first kappa shape index (κ1) is 14.2. The number of amides is 1. The van der Waals surface area contributed by atoms with Crippen molar-refractivity contribution in [3.8, 4) is 0 Å². The molecule has 2 heterocycles. The zero-order valence-corrected chi connectivity index (χ0v) is 13.3. The van der Waals surface area contributed by atoms with Crippen LogP contribution >= 0.6 is 15.9 Å². The smallest absolute Gasteiger partial charge is 0.234 e. The van der Waals surface area contributed by atoms with Crippen LogP contribution in [-0.4, -0.2) is 17.4 Å². The normalized spacial score (nSPS) is 17.1. The Kier molecular flexibility index (Phi) is 4.03. The third-order valence-corrected chi connectivity index (χ3v) is 4.13. The lowest BCUT2D eigenvalue weighted by molar-refractivity contribution is -0.117. The lowest BCUT2D eigenvalue weighted by Gasteiger charge is -2.25. The molecule has 1 atom stereocenters. The van der Waals surface area contributed by atoms with Crippen molar-refractivity contribution in [2.24, 2.45) is 0 Å². The molecule has 1 aromatic heterocycles. The van der Waals surface area contributed by atoms with Gasteiger partial charge in [-0.3, -0.25) is 4.79 Å². The van der Waals surface area contributed by atoms with Gasteiger partial charge in [-0.1, -0.05) is 24.3 Å². The summed E-state index contributed by atoms with van der Waals surface area (Å²) in [7, 11) is 0. The number of fused-ring (bicyclic) bond motifs is 1. The molecule has 2 N–H and O–H groups in total. The van der Waals surface area contributed by atoms with Crippen LogP contribution in [0.3, 0.4) is 0 Å². The van der Waals surface area contributed by atoms with Gasteiger partial charge in [-0.2, -0.15) is 0 Å². The Hall–Kier alpha value is -1.72. The van der Waals surface area contributed by atoms with Gasteiger partial charge >= 0.3 is 0 Å². The molecule has 0 radical (unpaired) electrons. The van der Waals surface area contributed by atoms with E-state index in [-0.39, 0.29) is 11.8 Å². The van der Waals surface area contributed by atoms with E-state index in [9.17, 15) is 4.79 Å². The quantitative estimate of drug-likeness (QED) is 0.879. The number of nitrogens with one attached hydrogen (secondary N) is 2. The van der Waals surface area contributed by atoms with Crippen molar-refractivity contribution in [2.45, 2.75) is 19.4 Å². The molecular formula is C16H16BrN3O. The van der Waals surface area contributed by atoms with Crippen LogP contribution < -0.4 is 10.6 Å². The zero-order valence-electron chi connectivity index (χ0n) is 11.7. The number of carbonyl (C=O) groups is 1. The van der Waals surface area contributed by atoms with E-state index in [1.54, 1.807) is 6.20 Å². The number of aryl methyl sites for hydroxylation is 1. The molecule has 21 heavy (non-hydrogen) atoms. The molecule has 4 nitrogen and oxygen atoms in total. The van der Waals surface area contributed by atoms with Gasteiger partial charge in [0.2, 0.25) is 5.91 Å². The maximum absolute atomic E-state index is 12.6. The Morgan fingerprint density at radius 3 is 3.05 bits per heavy atom. The topological polar surface area (TPSA) is 54.0 Å². The number of carbonyl (C=O) groups excluding carboxylic acids is 1. The van der Waals surface area contributed by atoms with E-state index in [0.29, 0.717) is 12.4 Å². The Labute approximate surface area is 132 Å². The molecule has 1 aliphatic heterocycles. The number of rotatable bonds is 2. The Bertz CT molecular complexity index is 687. The van der Waals surface area contributed by atoms with Crippen molar-refractivity contribution in [3.05, 3.63) is 57.7 Å². The first-order valence-corrected chi connectivity index (χ1v) is 7.66. The summed E-state index contributed by atoms with van der Waals surface area (Å²) in [4.78, 5) is 16.8. The van der Waals surface area contributed by atoms with Crippen LogP contribution in [0.1, 0.15) is 22.6 Å². The predicted molar refractivity (Wildman–Crippen MR) is 86.2 cm³/mol. The summed E-state index contributed by atoms with van der Waals surface area (Å²) in [5.41, 5.74) is 3.22. The second-order valence-electron chi connectivity index (χ2n) is 5.19. The maximum Gasteiger partial charge on any atom is 0.234 e. The molecule has 0 bridgehead atoms. The molecule has 0 saturated carbocycles. The Morgan fingerprint density at radius 1 is 1.43 bits per heavy atom. The lowest BCUT2D eigenvalue weighted by atomic mass is 9.90.